The number of nitriles is 1. The Bertz CT molecular complexity index is 987. The van der Waals surface area contributed by atoms with Crippen LogP contribution in [0, 0.1) is 11.3 Å². The third-order valence-corrected chi connectivity index (χ3v) is 4.89. The van der Waals surface area contributed by atoms with Gasteiger partial charge in [0, 0.05) is 25.0 Å². The lowest BCUT2D eigenvalue weighted by molar-refractivity contribution is 0.0702. The van der Waals surface area contributed by atoms with E-state index in [1.165, 1.54) is 0 Å². The molecule has 0 N–H and O–H groups in total. The molecule has 138 valence electrons. The van der Waals surface area contributed by atoms with Gasteiger partial charge in [-0.15, -0.1) is 0 Å². The summed E-state index contributed by atoms with van der Waals surface area (Å²) in [5.74, 6) is 0.175. The minimum absolute atomic E-state index is 0.149. The Kier molecular flexibility index (Phi) is 5.94. The van der Waals surface area contributed by atoms with Gasteiger partial charge in [0.25, 0.3) is 5.91 Å². The number of para-hydroxylation sites is 1. The summed E-state index contributed by atoms with van der Waals surface area (Å²) in [5, 5.41) is 9.84. The van der Waals surface area contributed by atoms with Crippen molar-refractivity contribution in [2.45, 2.75) is 6.54 Å². The number of halogens is 1. The quantitative estimate of drug-likeness (QED) is 0.591. The molecule has 0 aliphatic carbocycles. The number of carbonyl (C=O) groups is 1. The third kappa shape index (κ3) is 4.57. The first-order valence-electron chi connectivity index (χ1n) is 8.59. The van der Waals surface area contributed by atoms with Crippen molar-refractivity contribution < 1.29 is 9.21 Å². The molecule has 27 heavy (non-hydrogen) atoms. The van der Waals surface area contributed by atoms with Gasteiger partial charge in [0.15, 0.2) is 5.76 Å². The van der Waals surface area contributed by atoms with Crippen LogP contribution in [-0.2, 0) is 6.54 Å². The fraction of sp³-hybridized carbons (Fsp3) is 0.238. The number of hydrogen-bond donors (Lipinski definition) is 0. The number of nitrogens with zero attached hydrogens (tertiary/aromatic N) is 3. The van der Waals surface area contributed by atoms with Crippen LogP contribution in [-0.4, -0.2) is 42.9 Å². The highest BCUT2D eigenvalue weighted by Gasteiger charge is 2.21. The van der Waals surface area contributed by atoms with Crippen LogP contribution in [0.1, 0.15) is 21.7 Å². The lowest BCUT2D eigenvalue weighted by atomic mass is 10.1. The van der Waals surface area contributed by atoms with Crippen molar-refractivity contribution in [2.75, 3.05) is 27.2 Å². The molecule has 0 radical (unpaired) electrons. The van der Waals surface area contributed by atoms with Crippen molar-refractivity contribution in [3.8, 4) is 6.07 Å². The Hall–Kier alpha value is -2.62. The van der Waals surface area contributed by atoms with E-state index in [-0.39, 0.29) is 5.91 Å². The van der Waals surface area contributed by atoms with Gasteiger partial charge in [0.05, 0.1) is 16.1 Å². The summed E-state index contributed by atoms with van der Waals surface area (Å²) in [6.07, 6.45) is 0. The van der Waals surface area contributed by atoms with Crippen molar-refractivity contribution in [3.05, 3.63) is 69.9 Å². The molecule has 3 aromatic rings. The monoisotopic (exact) mass is 425 g/mol. The fourth-order valence-corrected chi connectivity index (χ4v) is 3.23. The Morgan fingerprint density at radius 3 is 2.52 bits per heavy atom. The van der Waals surface area contributed by atoms with Crippen LogP contribution in [0.4, 0.5) is 0 Å². The van der Waals surface area contributed by atoms with Gasteiger partial charge >= 0.3 is 0 Å². The van der Waals surface area contributed by atoms with E-state index < -0.39 is 0 Å². The molecule has 0 saturated carbocycles. The first-order valence-corrected chi connectivity index (χ1v) is 9.38. The summed E-state index contributed by atoms with van der Waals surface area (Å²) in [4.78, 5) is 16.9. The van der Waals surface area contributed by atoms with Gasteiger partial charge < -0.3 is 14.2 Å². The summed E-state index contributed by atoms with van der Waals surface area (Å²) < 4.78 is 6.65. The predicted octanol–water partition coefficient (Wildman–Crippen LogP) is 4.27. The maximum absolute atomic E-state index is 13.1. The molecule has 0 atom stereocenters. The number of rotatable bonds is 6. The number of fused-ring (bicyclic) bond motifs is 1. The summed E-state index contributed by atoms with van der Waals surface area (Å²) in [5.41, 5.74) is 2.25. The van der Waals surface area contributed by atoms with Crippen LogP contribution in [0.3, 0.4) is 0 Å². The second kappa shape index (κ2) is 8.38. The van der Waals surface area contributed by atoms with Crippen LogP contribution in [0.15, 0.2) is 57.4 Å². The van der Waals surface area contributed by atoms with E-state index in [4.69, 9.17) is 9.68 Å². The average Bonchev–Trinajstić information content (AvgIpc) is 3.10. The fourth-order valence-electron chi connectivity index (χ4n) is 2.77. The van der Waals surface area contributed by atoms with Crippen molar-refractivity contribution in [2.24, 2.45) is 0 Å². The van der Waals surface area contributed by atoms with Crippen LogP contribution in [0.5, 0.6) is 0 Å². The van der Waals surface area contributed by atoms with E-state index in [0.29, 0.717) is 30.0 Å². The number of hydrogen-bond acceptors (Lipinski definition) is 4. The SMILES string of the molecule is CN(C)CCN(Cc1ccc(C#N)cc1)C(=O)c1cc2cccc(Br)c2o1. The first-order chi connectivity index (χ1) is 13.0. The summed E-state index contributed by atoms with van der Waals surface area (Å²) in [6, 6.07) is 16.9. The zero-order chi connectivity index (χ0) is 19.4. The van der Waals surface area contributed by atoms with Crippen LogP contribution in [0.2, 0.25) is 0 Å². The van der Waals surface area contributed by atoms with Crippen molar-refractivity contribution in [1.82, 2.24) is 9.80 Å². The van der Waals surface area contributed by atoms with Gasteiger partial charge in [-0.1, -0.05) is 24.3 Å². The Morgan fingerprint density at radius 1 is 1.15 bits per heavy atom. The molecule has 0 bridgehead atoms. The number of amides is 1. The van der Waals surface area contributed by atoms with E-state index in [1.807, 2.05) is 49.3 Å². The molecule has 2 aromatic carbocycles. The van der Waals surface area contributed by atoms with Crippen molar-refractivity contribution in [3.63, 3.8) is 0 Å². The highest BCUT2D eigenvalue weighted by Crippen LogP contribution is 2.27. The van der Waals surface area contributed by atoms with Gasteiger partial charge in [-0.3, -0.25) is 4.79 Å². The van der Waals surface area contributed by atoms with Gasteiger partial charge in [-0.05, 0) is 59.9 Å². The number of benzene rings is 2. The zero-order valence-corrected chi connectivity index (χ0v) is 16.9. The van der Waals surface area contributed by atoms with Gasteiger partial charge in [0.2, 0.25) is 0 Å². The average molecular weight is 426 g/mol. The Balaban J connectivity index is 1.86. The number of carbonyl (C=O) groups excluding carboxylic acids is 1. The molecule has 3 rings (SSSR count). The molecule has 0 aliphatic rings. The topological polar surface area (TPSA) is 60.5 Å². The molecular formula is C21H20BrN3O2. The molecule has 1 aromatic heterocycles. The number of furan rings is 1. The summed E-state index contributed by atoms with van der Waals surface area (Å²) in [7, 11) is 3.95. The molecule has 0 unspecified atom stereocenters. The molecule has 6 heteroatoms. The maximum atomic E-state index is 13.1. The Morgan fingerprint density at radius 2 is 1.89 bits per heavy atom. The van der Waals surface area contributed by atoms with Crippen molar-refractivity contribution in [1.29, 1.82) is 5.26 Å². The molecular weight excluding hydrogens is 406 g/mol. The van der Waals surface area contributed by atoms with E-state index in [2.05, 4.69) is 22.0 Å². The molecule has 0 fully saturated rings. The second-order valence-corrected chi connectivity index (χ2v) is 7.46. The van der Waals surface area contributed by atoms with Gasteiger partial charge in [0.1, 0.15) is 5.58 Å². The Labute approximate surface area is 166 Å². The maximum Gasteiger partial charge on any atom is 0.289 e. The standard InChI is InChI=1S/C21H20BrN3O2/c1-24(2)10-11-25(14-16-8-6-15(13-23)7-9-16)21(26)19-12-17-4-3-5-18(22)20(17)27-19/h3-9,12H,10-11,14H2,1-2H3. The largest absolute Gasteiger partial charge is 0.450 e. The highest BCUT2D eigenvalue weighted by molar-refractivity contribution is 9.10. The van der Waals surface area contributed by atoms with Gasteiger partial charge in [-0.2, -0.15) is 5.26 Å². The van der Waals surface area contributed by atoms with E-state index in [1.54, 1.807) is 23.1 Å². The molecule has 5 nitrogen and oxygen atoms in total. The summed E-state index contributed by atoms with van der Waals surface area (Å²) in [6.45, 7) is 1.77. The smallest absolute Gasteiger partial charge is 0.289 e. The predicted molar refractivity (Wildman–Crippen MR) is 108 cm³/mol. The van der Waals surface area contributed by atoms with E-state index >= 15 is 0 Å². The highest BCUT2D eigenvalue weighted by atomic mass is 79.9. The lowest BCUT2D eigenvalue weighted by Crippen LogP contribution is -2.36. The normalized spacial score (nSPS) is 10.9. The summed E-state index contributed by atoms with van der Waals surface area (Å²) >= 11 is 3.46. The van der Waals surface area contributed by atoms with Crippen LogP contribution >= 0.6 is 15.9 Å². The molecule has 0 aliphatic heterocycles. The minimum Gasteiger partial charge on any atom is -0.450 e. The molecule has 0 saturated heterocycles. The number of likely N-dealkylation sites (N-methyl/N-ethyl adjacent to an activating group) is 1. The van der Waals surface area contributed by atoms with Gasteiger partial charge in [-0.25, -0.2) is 0 Å². The lowest BCUT2D eigenvalue weighted by Gasteiger charge is -2.23. The zero-order valence-electron chi connectivity index (χ0n) is 15.3. The second-order valence-electron chi connectivity index (χ2n) is 6.61. The van der Waals surface area contributed by atoms with Crippen LogP contribution < -0.4 is 0 Å². The van der Waals surface area contributed by atoms with E-state index in [9.17, 15) is 4.79 Å². The third-order valence-electron chi connectivity index (χ3n) is 4.27. The molecule has 1 heterocycles. The van der Waals surface area contributed by atoms with Crippen molar-refractivity contribution >= 4 is 32.8 Å². The first kappa shape index (κ1) is 19.2. The minimum atomic E-state index is -0.149. The van der Waals surface area contributed by atoms with Crippen LogP contribution in [0.25, 0.3) is 11.0 Å². The molecule has 1 amide bonds. The van der Waals surface area contributed by atoms with E-state index in [0.717, 1.165) is 22.0 Å². The molecule has 0 spiro atoms.